The number of hydrogen-bond donors (Lipinski definition) is 2. The van der Waals surface area contributed by atoms with E-state index in [4.69, 9.17) is 9.84 Å². The van der Waals surface area contributed by atoms with E-state index in [0.717, 1.165) is 44.5 Å². The molecular weight excluding hydrogens is 242 g/mol. The maximum atomic E-state index is 8.96. The van der Waals surface area contributed by atoms with Crippen molar-refractivity contribution in [1.29, 1.82) is 0 Å². The zero-order chi connectivity index (χ0) is 13.2. The van der Waals surface area contributed by atoms with Crippen LogP contribution in [0, 0.1) is 0 Å². The van der Waals surface area contributed by atoms with E-state index in [2.05, 4.69) is 22.0 Å². The predicted octanol–water partition coefficient (Wildman–Crippen LogP) is 1.73. The number of aliphatic hydroxyl groups is 1. The SMILES string of the molecule is CC1CCC(C2CCNc3c(CCCO)cnn32)O1. The third-order valence-corrected chi connectivity index (χ3v) is 4.22. The Balaban J connectivity index is 1.78. The van der Waals surface area contributed by atoms with E-state index in [0.29, 0.717) is 18.2 Å². The first-order chi connectivity index (χ1) is 9.29. The summed E-state index contributed by atoms with van der Waals surface area (Å²) < 4.78 is 8.13. The molecule has 3 heterocycles. The summed E-state index contributed by atoms with van der Waals surface area (Å²) in [6.07, 6.45) is 7.67. The number of aromatic nitrogens is 2. The van der Waals surface area contributed by atoms with Crippen molar-refractivity contribution in [1.82, 2.24) is 9.78 Å². The molecule has 3 unspecified atom stereocenters. The number of aryl methyl sites for hydroxylation is 1. The molecule has 0 bridgehead atoms. The number of nitrogens with one attached hydrogen (secondary N) is 1. The molecule has 1 aromatic rings. The lowest BCUT2D eigenvalue weighted by Gasteiger charge is -2.30. The van der Waals surface area contributed by atoms with E-state index >= 15 is 0 Å². The number of hydrogen-bond acceptors (Lipinski definition) is 4. The van der Waals surface area contributed by atoms with E-state index in [1.807, 2.05) is 6.20 Å². The van der Waals surface area contributed by atoms with Crippen LogP contribution in [0.2, 0.25) is 0 Å². The number of rotatable bonds is 4. The van der Waals surface area contributed by atoms with Gasteiger partial charge in [-0.2, -0.15) is 5.10 Å². The van der Waals surface area contributed by atoms with Gasteiger partial charge in [0.05, 0.1) is 24.4 Å². The van der Waals surface area contributed by atoms with Gasteiger partial charge in [-0.25, -0.2) is 4.68 Å². The van der Waals surface area contributed by atoms with E-state index in [1.165, 1.54) is 5.56 Å². The van der Waals surface area contributed by atoms with Gasteiger partial charge in [-0.3, -0.25) is 0 Å². The summed E-state index contributed by atoms with van der Waals surface area (Å²) in [5.74, 6) is 1.13. The zero-order valence-corrected chi connectivity index (χ0v) is 11.5. The summed E-state index contributed by atoms with van der Waals surface area (Å²) in [6, 6.07) is 0.365. The molecule has 2 aliphatic heterocycles. The molecule has 0 saturated carbocycles. The minimum atomic E-state index is 0.233. The van der Waals surface area contributed by atoms with Crippen molar-refractivity contribution in [2.45, 2.75) is 57.3 Å². The molecule has 2 aliphatic rings. The lowest BCUT2D eigenvalue weighted by Crippen LogP contribution is -2.32. The van der Waals surface area contributed by atoms with Gasteiger partial charge in [0.1, 0.15) is 5.82 Å². The molecule has 0 aliphatic carbocycles. The van der Waals surface area contributed by atoms with Crippen LogP contribution in [0.5, 0.6) is 0 Å². The van der Waals surface area contributed by atoms with Gasteiger partial charge in [0.15, 0.2) is 0 Å². The van der Waals surface area contributed by atoms with E-state index in [-0.39, 0.29) is 6.61 Å². The number of fused-ring (bicyclic) bond motifs is 1. The first kappa shape index (κ1) is 12.9. The first-order valence-electron chi connectivity index (χ1n) is 7.36. The fraction of sp³-hybridized carbons (Fsp3) is 0.786. The fourth-order valence-corrected chi connectivity index (χ4v) is 3.22. The highest BCUT2D eigenvalue weighted by Gasteiger charge is 2.34. The molecule has 0 amide bonds. The van der Waals surface area contributed by atoms with Crippen LogP contribution < -0.4 is 5.32 Å². The molecule has 0 radical (unpaired) electrons. The lowest BCUT2D eigenvalue weighted by atomic mass is 10.0. The van der Waals surface area contributed by atoms with Crippen LogP contribution in [0.4, 0.5) is 5.82 Å². The highest BCUT2D eigenvalue weighted by molar-refractivity contribution is 5.46. The van der Waals surface area contributed by atoms with Crippen molar-refractivity contribution < 1.29 is 9.84 Å². The molecule has 106 valence electrons. The normalized spacial score (nSPS) is 30.1. The van der Waals surface area contributed by atoms with Crippen molar-refractivity contribution in [2.24, 2.45) is 0 Å². The number of anilines is 1. The predicted molar refractivity (Wildman–Crippen MR) is 73.3 cm³/mol. The average Bonchev–Trinajstić information content (AvgIpc) is 3.02. The van der Waals surface area contributed by atoms with Gasteiger partial charge in [0.25, 0.3) is 0 Å². The van der Waals surface area contributed by atoms with Crippen molar-refractivity contribution in [3.05, 3.63) is 11.8 Å². The Kier molecular flexibility index (Phi) is 3.75. The van der Waals surface area contributed by atoms with Gasteiger partial charge in [-0.1, -0.05) is 0 Å². The Labute approximate surface area is 113 Å². The Morgan fingerprint density at radius 2 is 2.37 bits per heavy atom. The minimum absolute atomic E-state index is 0.233. The highest BCUT2D eigenvalue weighted by Crippen LogP contribution is 2.35. The Bertz CT molecular complexity index is 432. The molecule has 0 spiro atoms. The highest BCUT2D eigenvalue weighted by atomic mass is 16.5. The Morgan fingerprint density at radius 3 is 3.11 bits per heavy atom. The summed E-state index contributed by atoms with van der Waals surface area (Å²) in [6.45, 7) is 3.37. The molecule has 2 N–H and O–H groups in total. The molecule has 0 aromatic carbocycles. The van der Waals surface area contributed by atoms with Gasteiger partial charge in [0, 0.05) is 18.7 Å². The Hall–Kier alpha value is -1.07. The number of ether oxygens (including phenoxy) is 1. The molecule has 1 fully saturated rings. The largest absolute Gasteiger partial charge is 0.396 e. The van der Waals surface area contributed by atoms with Crippen LogP contribution in [-0.4, -0.2) is 40.2 Å². The van der Waals surface area contributed by atoms with Crippen LogP contribution in [0.1, 0.15) is 44.2 Å². The monoisotopic (exact) mass is 265 g/mol. The van der Waals surface area contributed by atoms with Crippen LogP contribution >= 0.6 is 0 Å². The van der Waals surface area contributed by atoms with E-state index in [9.17, 15) is 0 Å². The van der Waals surface area contributed by atoms with Crippen molar-refractivity contribution >= 4 is 5.82 Å². The minimum Gasteiger partial charge on any atom is -0.396 e. The van der Waals surface area contributed by atoms with Crippen molar-refractivity contribution in [2.75, 3.05) is 18.5 Å². The van der Waals surface area contributed by atoms with Crippen LogP contribution in [0.3, 0.4) is 0 Å². The number of nitrogens with zero attached hydrogens (tertiary/aromatic N) is 2. The summed E-state index contributed by atoms with van der Waals surface area (Å²) in [7, 11) is 0. The first-order valence-corrected chi connectivity index (χ1v) is 7.36. The number of aliphatic hydroxyl groups excluding tert-OH is 1. The molecule has 19 heavy (non-hydrogen) atoms. The Morgan fingerprint density at radius 1 is 1.47 bits per heavy atom. The molecule has 1 aromatic heterocycles. The maximum Gasteiger partial charge on any atom is 0.127 e. The van der Waals surface area contributed by atoms with E-state index < -0.39 is 0 Å². The standard InChI is InChI=1S/C14H23N3O2/c1-10-4-5-13(19-10)12-6-7-15-14-11(3-2-8-18)9-16-17(12)14/h9-10,12-13,15,18H,2-8H2,1H3. The lowest BCUT2D eigenvalue weighted by molar-refractivity contribution is 0.0173. The summed E-state index contributed by atoms with van der Waals surface area (Å²) in [5, 5.41) is 17.0. The average molecular weight is 265 g/mol. The topological polar surface area (TPSA) is 59.3 Å². The summed E-state index contributed by atoms with van der Waals surface area (Å²) in [5.41, 5.74) is 1.21. The van der Waals surface area contributed by atoms with Crippen LogP contribution in [0.25, 0.3) is 0 Å². The van der Waals surface area contributed by atoms with Crippen LogP contribution in [0.15, 0.2) is 6.20 Å². The van der Waals surface area contributed by atoms with Gasteiger partial charge >= 0.3 is 0 Å². The molecule has 1 saturated heterocycles. The second-order valence-corrected chi connectivity index (χ2v) is 5.64. The second-order valence-electron chi connectivity index (χ2n) is 5.64. The third-order valence-electron chi connectivity index (χ3n) is 4.22. The maximum absolute atomic E-state index is 8.96. The molecule has 5 heteroatoms. The quantitative estimate of drug-likeness (QED) is 0.870. The second kappa shape index (κ2) is 5.51. The molecular formula is C14H23N3O2. The smallest absolute Gasteiger partial charge is 0.127 e. The molecule has 3 atom stereocenters. The van der Waals surface area contributed by atoms with Crippen molar-refractivity contribution in [3.8, 4) is 0 Å². The van der Waals surface area contributed by atoms with Gasteiger partial charge < -0.3 is 15.2 Å². The third kappa shape index (κ3) is 2.49. The van der Waals surface area contributed by atoms with Crippen LogP contribution in [-0.2, 0) is 11.2 Å². The summed E-state index contributed by atoms with van der Waals surface area (Å²) >= 11 is 0. The fourth-order valence-electron chi connectivity index (χ4n) is 3.22. The van der Waals surface area contributed by atoms with E-state index in [1.54, 1.807) is 0 Å². The molecule has 5 nitrogen and oxygen atoms in total. The summed E-state index contributed by atoms with van der Waals surface area (Å²) in [4.78, 5) is 0. The molecule has 3 rings (SSSR count). The van der Waals surface area contributed by atoms with Crippen molar-refractivity contribution in [3.63, 3.8) is 0 Å². The van der Waals surface area contributed by atoms with Gasteiger partial charge in [-0.05, 0) is 39.0 Å². The zero-order valence-electron chi connectivity index (χ0n) is 11.5. The van der Waals surface area contributed by atoms with Gasteiger partial charge in [-0.15, -0.1) is 0 Å². The van der Waals surface area contributed by atoms with Gasteiger partial charge in [0.2, 0.25) is 0 Å².